The summed E-state index contributed by atoms with van der Waals surface area (Å²) in [5, 5.41) is 0. The van der Waals surface area contributed by atoms with Crippen molar-refractivity contribution in [1.82, 2.24) is 0 Å². The lowest BCUT2D eigenvalue weighted by atomic mass is 9.98. The molecule has 0 heterocycles. The van der Waals surface area contributed by atoms with Crippen LogP contribution in [0.4, 0.5) is 0 Å². The monoisotopic (exact) mass is 178 g/mol. The molecule has 70 valence electrons. The summed E-state index contributed by atoms with van der Waals surface area (Å²) in [5.41, 5.74) is 1.47. The highest BCUT2D eigenvalue weighted by molar-refractivity contribution is 5.81. The Labute approximate surface area is 78.3 Å². The Morgan fingerprint density at radius 1 is 1.69 bits per heavy atom. The molecule has 3 atom stereocenters. The van der Waals surface area contributed by atoms with Crippen LogP contribution >= 0.6 is 0 Å². The molecule has 0 N–H and O–H groups in total. The van der Waals surface area contributed by atoms with E-state index in [1.165, 1.54) is 18.1 Å². The molecule has 0 spiro atoms. The van der Waals surface area contributed by atoms with Crippen molar-refractivity contribution in [3.63, 3.8) is 0 Å². The quantitative estimate of drug-likeness (QED) is 0.367. The molecule has 1 fully saturated rings. The molecule has 0 radical (unpaired) electrons. The van der Waals surface area contributed by atoms with Crippen LogP contribution in [0.1, 0.15) is 19.8 Å². The Bertz CT molecular complexity index is 278. The third kappa shape index (κ3) is 1.41. The minimum absolute atomic E-state index is 0.110. The van der Waals surface area contributed by atoms with Gasteiger partial charge in [-0.05, 0) is 25.7 Å². The minimum atomic E-state index is -0.288. The van der Waals surface area contributed by atoms with Gasteiger partial charge in [-0.3, -0.25) is 0 Å². The van der Waals surface area contributed by atoms with Crippen LogP contribution in [0.3, 0.4) is 0 Å². The molecule has 3 unspecified atom stereocenters. The molecule has 2 rings (SSSR count). The summed E-state index contributed by atoms with van der Waals surface area (Å²) >= 11 is 0. The second-order valence-corrected chi connectivity index (χ2v) is 3.92. The van der Waals surface area contributed by atoms with E-state index in [2.05, 4.69) is 19.6 Å². The van der Waals surface area contributed by atoms with Crippen LogP contribution in [0, 0.1) is 11.8 Å². The molecule has 0 aromatic carbocycles. The van der Waals surface area contributed by atoms with E-state index in [0.29, 0.717) is 11.8 Å². The predicted octanol–water partition coefficient (Wildman–Crippen LogP) is 2.07. The van der Waals surface area contributed by atoms with Gasteiger partial charge in [0.2, 0.25) is 0 Å². The number of allylic oxidation sites excluding steroid dienone is 1. The molecule has 0 saturated heterocycles. The fourth-order valence-corrected chi connectivity index (χ4v) is 2.39. The molecule has 2 aliphatic rings. The lowest BCUT2D eigenvalue weighted by molar-refractivity contribution is -0.144. The average molecular weight is 178 g/mol. The second-order valence-electron chi connectivity index (χ2n) is 3.92. The first-order valence-corrected chi connectivity index (χ1v) is 4.72. The van der Waals surface area contributed by atoms with E-state index in [0.717, 1.165) is 6.42 Å². The van der Waals surface area contributed by atoms with E-state index < -0.39 is 0 Å². The Hall–Kier alpha value is -1.05. The summed E-state index contributed by atoms with van der Waals surface area (Å²) in [6.07, 6.45) is 5.77. The van der Waals surface area contributed by atoms with Crippen LogP contribution in [-0.4, -0.2) is 12.1 Å². The SMILES string of the molecule is C=CC(=O)OC1CC2CC1C=C2C. The maximum absolute atomic E-state index is 11.0. The molecule has 2 bridgehead atoms. The Kier molecular flexibility index (Phi) is 1.98. The Balaban J connectivity index is 1.99. The van der Waals surface area contributed by atoms with Gasteiger partial charge in [0.05, 0.1) is 0 Å². The Morgan fingerprint density at radius 2 is 2.46 bits per heavy atom. The molecular formula is C11H14O2. The standard InChI is InChI=1S/C11H14O2/c1-3-11(12)13-10-6-8-5-9(10)4-7(8)2/h3-4,8-10H,1,5-6H2,2H3. The van der Waals surface area contributed by atoms with Crippen LogP contribution in [-0.2, 0) is 9.53 Å². The van der Waals surface area contributed by atoms with E-state index in [4.69, 9.17) is 4.74 Å². The van der Waals surface area contributed by atoms with E-state index >= 15 is 0 Å². The van der Waals surface area contributed by atoms with Crippen molar-refractivity contribution in [3.05, 3.63) is 24.3 Å². The van der Waals surface area contributed by atoms with Crippen molar-refractivity contribution in [1.29, 1.82) is 0 Å². The maximum atomic E-state index is 11.0. The molecule has 2 nitrogen and oxygen atoms in total. The fraction of sp³-hybridized carbons (Fsp3) is 0.545. The normalized spacial score (nSPS) is 35.8. The first kappa shape index (κ1) is 8.54. The van der Waals surface area contributed by atoms with Gasteiger partial charge in [-0.25, -0.2) is 4.79 Å². The predicted molar refractivity (Wildman–Crippen MR) is 50.0 cm³/mol. The van der Waals surface area contributed by atoms with E-state index in [9.17, 15) is 4.79 Å². The van der Waals surface area contributed by atoms with Gasteiger partial charge in [-0.1, -0.05) is 18.2 Å². The third-order valence-electron chi connectivity index (χ3n) is 3.11. The number of rotatable bonds is 2. The van der Waals surface area contributed by atoms with Gasteiger partial charge in [-0.2, -0.15) is 0 Å². The third-order valence-corrected chi connectivity index (χ3v) is 3.11. The lowest BCUT2D eigenvalue weighted by Crippen LogP contribution is -2.21. The van der Waals surface area contributed by atoms with Gasteiger partial charge in [-0.15, -0.1) is 0 Å². The number of ether oxygens (including phenoxy) is 1. The van der Waals surface area contributed by atoms with Gasteiger partial charge in [0.15, 0.2) is 0 Å². The molecule has 0 aliphatic heterocycles. The number of hydrogen-bond acceptors (Lipinski definition) is 2. The van der Waals surface area contributed by atoms with Crippen LogP contribution in [0.25, 0.3) is 0 Å². The highest BCUT2D eigenvalue weighted by atomic mass is 16.5. The van der Waals surface area contributed by atoms with E-state index in [-0.39, 0.29) is 12.1 Å². The van der Waals surface area contributed by atoms with Gasteiger partial charge >= 0.3 is 5.97 Å². The first-order valence-electron chi connectivity index (χ1n) is 4.72. The van der Waals surface area contributed by atoms with Crippen LogP contribution in [0.5, 0.6) is 0 Å². The second kappa shape index (κ2) is 3.02. The highest BCUT2D eigenvalue weighted by Gasteiger charge is 2.40. The zero-order chi connectivity index (χ0) is 9.42. The minimum Gasteiger partial charge on any atom is -0.459 e. The molecule has 13 heavy (non-hydrogen) atoms. The Morgan fingerprint density at radius 3 is 2.92 bits per heavy atom. The van der Waals surface area contributed by atoms with Crippen LogP contribution in [0.2, 0.25) is 0 Å². The zero-order valence-corrected chi connectivity index (χ0v) is 7.82. The highest BCUT2D eigenvalue weighted by Crippen LogP contribution is 2.44. The maximum Gasteiger partial charge on any atom is 0.330 e. The summed E-state index contributed by atoms with van der Waals surface area (Å²) < 4.78 is 5.24. The van der Waals surface area contributed by atoms with Crippen molar-refractivity contribution in [2.75, 3.05) is 0 Å². The first-order chi connectivity index (χ1) is 6.20. The van der Waals surface area contributed by atoms with Gasteiger partial charge < -0.3 is 4.74 Å². The van der Waals surface area contributed by atoms with E-state index in [1.54, 1.807) is 0 Å². The lowest BCUT2D eigenvalue weighted by Gasteiger charge is -2.19. The molecule has 0 amide bonds. The summed E-state index contributed by atoms with van der Waals surface area (Å²) in [5.74, 6) is 0.838. The van der Waals surface area contributed by atoms with Crippen LogP contribution < -0.4 is 0 Å². The summed E-state index contributed by atoms with van der Waals surface area (Å²) in [7, 11) is 0. The molecule has 0 aromatic heterocycles. The molecule has 0 aromatic rings. The largest absolute Gasteiger partial charge is 0.459 e. The van der Waals surface area contributed by atoms with E-state index in [1.807, 2.05) is 0 Å². The summed E-state index contributed by atoms with van der Waals surface area (Å²) in [6.45, 7) is 5.55. The van der Waals surface area contributed by atoms with Crippen molar-refractivity contribution in [3.8, 4) is 0 Å². The fourth-order valence-electron chi connectivity index (χ4n) is 2.39. The smallest absolute Gasteiger partial charge is 0.330 e. The van der Waals surface area contributed by atoms with Crippen molar-refractivity contribution >= 4 is 5.97 Å². The van der Waals surface area contributed by atoms with Crippen LogP contribution in [0.15, 0.2) is 24.3 Å². The number of esters is 1. The van der Waals surface area contributed by atoms with Crippen molar-refractivity contribution in [2.24, 2.45) is 11.8 Å². The molecule has 1 saturated carbocycles. The number of carbonyl (C=O) groups is 1. The number of carbonyl (C=O) groups excluding carboxylic acids is 1. The number of hydrogen-bond donors (Lipinski definition) is 0. The molecular weight excluding hydrogens is 164 g/mol. The topological polar surface area (TPSA) is 26.3 Å². The van der Waals surface area contributed by atoms with Gasteiger partial charge in [0.1, 0.15) is 6.10 Å². The summed E-state index contributed by atoms with van der Waals surface area (Å²) in [4.78, 5) is 11.0. The number of fused-ring (bicyclic) bond motifs is 2. The summed E-state index contributed by atoms with van der Waals surface area (Å²) in [6, 6.07) is 0. The van der Waals surface area contributed by atoms with Crippen molar-refractivity contribution < 1.29 is 9.53 Å². The van der Waals surface area contributed by atoms with Gasteiger partial charge in [0.25, 0.3) is 0 Å². The van der Waals surface area contributed by atoms with Crippen molar-refractivity contribution in [2.45, 2.75) is 25.9 Å². The zero-order valence-electron chi connectivity index (χ0n) is 7.82. The van der Waals surface area contributed by atoms with Gasteiger partial charge in [0, 0.05) is 12.0 Å². The molecule has 2 aliphatic carbocycles. The molecule has 2 heteroatoms. The average Bonchev–Trinajstić information content (AvgIpc) is 2.63.